The summed E-state index contributed by atoms with van der Waals surface area (Å²) in [7, 11) is 0. The van der Waals surface area contributed by atoms with Crippen LogP contribution in [0.1, 0.15) is 43.4 Å². The number of nitrogens with zero attached hydrogens (tertiary/aromatic N) is 1. The predicted molar refractivity (Wildman–Crippen MR) is 123 cm³/mol. The number of rotatable bonds is 6. The Hall–Kier alpha value is -2.39. The predicted octanol–water partition coefficient (Wildman–Crippen LogP) is 3.34. The minimum Gasteiger partial charge on any atom is -0.389 e. The largest absolute Gasteiger partial charge is 0.389 e. The normalized spacial score (nSPS) is 26.7. The first-order chi connectivity index (χ1) is 16.4. The molecular formula is C26H32F2N2O4. The highest BCUT2D eigenvalue weighted by atomic mass is 19.1. The number of nitrogens with one attached hydrogen (secondary N) is 1. The van der Waals surface area contributed by atoms with Gasteiger partial charge in [-0.05, 0) is 43.5 Å². The minimum atomic E-state index is -0.736. The lowest BCUT2D eigenvalue weighted by atomic mass is 9.94. The van der Waals surface area contributed by atoms with Crippen LogP contribution in [0.4, 0.5) is 8.78 Å². The number of aliphatic hydroxyl groups excluding tert-OH is 1. The average Bonchev–Trinajstić information content (AvgIpc) is 2.80. The van der Waals surface area contributed by atoms with Crippen LogP contribution < -0.4 is 5.32 Å². The zero-order chi connectivity index (χ0) is 24.1. The van der Waals surface area contributed by atoms with Crippen molar-refractivity contribution in [3.63, 3.8) is 0 Å². The van der Waals surface area contributed by atoms with Crippen LogP contribution in [-0.2, 0) is 20.8 Å². The maximum atomic E-state index is 14.3. The van der Waals surface area contributed by atoms with E-state index in [4.69, 9.17) is 9.47 Å². The third kappa shape index (κ3) is 6.39. The van der Waals surface area contributed by atoms with Crippen molar-refractivity contribution in [1.29, 1.82) is 0 Å². The number of fused-ring (bicyclic) bond motifs is 1. The van der Waals surface area contributed by atoms with E-state index in [0.717, 1.165) is 17.7 Å². The standard InChI is InChI=1S/C26H32F2N2O4/c1-17(18-5-3-2-4-6-18)29-26(32)12-22-8-10-24-25(34-22)16-33-15-21(31)14-30(24)13-19-11-20(27)7-9-23(19)28/h2-7,9,11,17,21-22,24-25,31H,8,10,12-16H2,1H3,(H,29,32)/t17-,21+,22+,24+,25-/m1/s1. The number of aliphatic hydroxyl groups is 1. The van der Waals surface area contributed by atoms with E-state index in [9.17, 15) is 18.7 Å². The lowest BCUT2D eigenvalue weighted by Gasteiger charge is -2.44. The van der Waals surface area contributed by atoms with Gasteiger partial charge in [-0.2, -0.15) is 0 Å². The molecule has 0 radical (unpaired) electrons. The first-order valence-electron chi connectivity index (χ1n) is 11.8. The van der Waals surface area contributed by atoms with Gasteiger partial charge in [0.1, 0.15) is 11.6 Å². The third-order valence-electron chi connectivity index (χ3n) is 6.56. The molecule has 0 saturated carbocycles. The number of carbonyl (C=O) groups is 1. The molecule has 2 aliphatic rings. The molecule has 0 unspecified atom stereocenters. The van der Waals surface area contributed by atoms with Crippen LogP contribution in [0.2, 0.25) is 0 Å². The molecule has 4 rings (SSSR count). The molecule has 2 saturated heterocycles. The summed E-state index contributed by atoms with van der Waals surface area (Å²) in [6.45, 7) is 2.77. The van der Waals surface area contributed by atoms with Crippen molar-refractivity contribution in [2.75, 3.05) is 19.8 Å². The fraction of sp³-hybridized carbons (Fsp3) is 0.500. The van der Waals surface area contributed by atoms with Crippen molar-refractivity contribution in [1.82, 2.24) is 10.2 Å². The van der Waals surface area contributed by atoms with Crippen LogP contribution in [0.3, 0.4) is 0 Å². The summed E-state index contributed by atoms with van der Waals surface area (Å²) in [6, 6.07) is 12.9. The van der Waals surface area contributed by atoms with Gasteiger partial charge >= 0.3 is 0 Å². The molecule has 8 heteroatoms. The topological polar surface area (TPSA) is 71.0 Å². The van der Waals surface area contributed by atoms with E-state index in [1.807, 2.05) is 42.2 Å². The van der Waals surface area contributed by atoms with Crippen LogP contribution in [0.25, 0.3) is 0 Å². The fourth-order valence-corrected chi connectivity index (χ4v) is 4.84. The van der Waals surface area contributed by atoms with Gasteiger partial charge in [0.05, 0.1) is 44.0 Å². The molecule has 2 fully saturated rings. The summed E-state index contributed by atoms with van der Waals surface area (Å²) >= 11 is 0. The Balaban J connectivity index is 1.39. The number of benzene rings is 2. The van der Waals surface area contributed by atoms with Crippen molar-refractivity contribution in [3.8, 4) is 0 Å². The van der Waals surface area contributed by atoms with Crippen LogP contribution in [0, 0.1) is 11.6 Å². The average molecular weight is 475 g/mol. The Kier molecular flexibility index (Phi) is 8.26. The van der Waals surface area contributed by atoms with E-state index < -0.39 is 17.7 Å². The highest BCUT2D eigenvalue weighted by molar-refractivity contribution is 5.77. The van der Waals surface area contributed by atoms with Gasteiger partial charge in [0.15, 0.2) is 0 Å². The molecule has 1 amide bonds. The molecule has 2 N–H and O–H groups in total. The van der Waals surface area contributed by atoms with E-state index in [2.05, 4.69) is 5.32 Å². The Morgan fingerprint density at radius 3 is 2.76 bits per heavy atom. The molecule has 0 aromatic heterocycles. The van der Waals surface area contributed by atoms with Gasteiger partial charge in [-0.3, -0.25) is 9.69 Å². The molecule has 184 valence electrons. The summed E-state index contributed by atoms with van der Waals surface area (Å²) < 4.78 is 39.9. The van der Waals surface area contributed by atoms with E-state index in [1.165, 1.54) is 6.07 Å². The maximum absolute atomic E-state index is 14.3. The summed E-state index contributed by atoms with van der Waals surface area (Å²) in [5.74, 6) is -1.06. The number of halogens is 2. The van der Waals surface area contributed by atoms with Gasteiger partial charge in [-0.15, -0.1) is 0 Å². The van der Waals surface area contributed by atoms with Gasteiger partial charge in [0.2, 0.25) is 5.91 Å². The molecule has 2 aromatic rings. The number of ether oxygens (including phenoxy) is 2. The van der Waals surface area contributed by atoms with E-state index in [-0.39, 0.29) is 68.5 Å². The van der Waals surface area contributed by atoms with E-state index in [1.54, 1.807) is 0 Å². The minimum absolute atomic E-state index is 0.0827. The zero-order valence-electron chi connectivity index (χ0n) is 19.3. The van der Waals surface area contributed by atoms with Crippen molar-refractivity contribution in [2.45, 2.75) is 63.1 Å². The first-order valence-corrected chi connectivity index (χ1v) is 11.8. The second kappa shape index (κ2) is 11.4. The fourth-order valence-electron chi connectivity index (χ4n) is 4.84. The van der Waals surface area contributed by atoms with E-state index >= 15 is 0 Å². The monoisotopic (exact) mass is 474 g/mol. The SMILES string of the molecule is C[C@@H](NC(=O)C[C@@H]1CC[C@H]2[C@@H](COC[C@@H](O)CN2Cc2cc(F)ccc2F)O1)c1ccccc1. The molecule has 2 heterocycles. The number of carbonyl (C=O) groups excluding carboxylic acids is 1. The quantitative estimate of drug-likeness (QED) is 0.672. The zero-order valence-corrected chi connectivity index (χ0v) is 19.3. The Labute approximate surface area is 198 Å². The van der Waals surface area contributed by atoms with Crippen molar-refractivity contribution in [3.05, 3.63) is 71.3 Å². The van der Waals surface area contributed by atoms with Crippen molar-refractivity contribution >= 4 is 5.91 Å². The lowest BCUT2D eigenvalue weighted by Crippen LogP contribution is -2.55. The van der Waals surface area contributed by atoms with Crippen LogP contribution >= 0.6 is 0 Å². The van der Waals surface area contributed by atoms with E-state index in [0.29, 0.717) is 12.8 Å². The third-order valence-corrected chi connectivity index (χ3v) is 6.56. The number of hydrogen-bond donors (Lipinski definition) is 2. The second-order valence-electron chi connectivity index (χ2n) is 9.20. The molecule has 2 aromatic carbocycles. The molecule has 0 aliphatic carbocycles. The highest BCUT2D eigenvalue weighted by Crippen LogP contribution is 2.29. The Bertz CT molecular complexity index is 961. The molecule has 34 heavy (non-hydrogen) atoms. The Morgan fingerprint density at radius 1 is 1.18 bits per heavy atom. The van der Waals surface area contributed by atoms with Gasteiger partial charge in [-0.1, -0.05) is 30.3 Å². The number of amides is 1. The van der Waals surface area contributed by atoms with Crippen LogP contribution in [0.15, 0.2) is 48.5 Å². The van der Waals surface area contributed by atoms with Crippen molar-refractivity contribution < 1.29 is 28.2 Å². The summed E-state index contributed by atoms with van der Waals surface area (Å²) in [6.07, 6.45) is 0.255. The van der Waals surface area contributed by atoms with Gasteiger partial charge in [-0.25, -0.2) is 8.78 Å². The molecule has 0 bridgehead atoms. The van der Waals surface area contributed by atoms with Gasteiger partial charge < -0.3 is 19.9 Å². The number of hydrogen-bond acceptors (Lipinski definition) is 5. The summed E-state index contributed by atoms with van der Waals surface area (Å²) in [4.78, 5) is 14.6. The number of β-amino-alcohol motifs (C(OH)–C–C–N with tert-alkyl or cyclic N) is 1. The van der Waals surface area contributed by atoms with Crippen LogP contribution in [0.5, 0.6) is 0 Å². The smallest absolute Gasteiger partial charge is 0.223 e. The second-order valence-corrected chi connectivity index (χ2v) is 9.20. The highest BCUT2D eigenvalue weighted by Gasteiger charge is 2.38. The molecule has 5 atom stereocenters. The molecule has 6 nitrogen and oxygen atoms in total. The molecule has 0 spiro atoms. The Morgan fingerprint density at radius 2 is 1.97 bits per heavy atom. The van der Waals surface area contributed by atoms with Crippen LogP contribution in [-0.4, -0.2) is 60.0 Å². The first kappa shape index (κ1) is 24.7. The van der Waals surface area contributed by atoms with Gasteiger partial charge in [0, 0.05) is 24.7 Å². The summed E-state index contributed by atoms with van der Waals surface area (Å²) in [5, 5.41) is 13.3. The maximum Gasteiger partial charge on any atom is 0.223 e. The lowest BCUT2D eigenvalue weighted by molar-refractivity contribution is -0.158. The van der Waals surface area contributed by atoms with Crippen molar-refractivity contribution in [2.24, 2.45) is 0 Å². The van der Waals surface area contributed by atoms with Gasteiger partial charge in [0.25, 0.3) is 0 Å². The molecular weight excluding hydrogens is 442 g/mol. The summed E-state index contributed by atoms with van der Waals surface area (Å²) in [5.41, 5.74) is 1.27. The molecule has 2 aliphatic heterocycles.